The molecule has 1 fully saturated rings. The lowest BCUT2D eigenvalue weighted by Crippen LogP contribution is -2.24. The summed E-state index contributed by atoms with van der Waals surface area (Å²) < 4.78 is 0. The first-order valence-corrected chi connectivity index (χ1v) is 6.04. The lowest BCUT2D eigenvalue weighted by Gasteiger charge is -2.20. The van der Waals surface area contributed by atoms with E-state index in [9.17, 15) is 10.1 Å². The van der Waals surface area contributed by atoms with Crippen LogP contribution in [0.15, 0.2) is 18.3 Å². The average Bonchev–Trinajstić information content (AvgIpc) is 2.82. The molecule has 1 N–H and O–H groups in total. The minimum atomic E-state index is -0.396. The summed E-state index contributed by atoms with van der Waals surface area (Å²) >= 11 is 0. The van der Waals surface area contributed by atoms with Crippen LogP contribution < -0.4 is 5.32 Å². The molecule has 17 heavy (non-hydrogen) atoms. The number of pyridine rings is 1. The molecule has 5 heteroatoms. The normalized spacial score (nSPS) is 17.9. The Labute approximate surface area is 100 Å². The van der Waals surface area contributed by atoms with Crippen molar-refractivity contribution in [2.45, 2.75) is 38.6 Å². The van der Waals surface area contributed by atoms with Crippen molar-refractivity contribution in [3.05, 3.63) is 28.4 Å². The van der Waals surface area contributed by atoms with Crippen LogP contribution in [0, 0.1) is 16.0 Å². The molecule has 1 saturated carbocycles. The van der Waals surface area contributed by atoms with Crippen molar-refractivity contribution in [1.82, 2.24) is 4.98 Å². The fourth-order valence-corrected chi connectivity index (χ4v) is 2.42. The van der Waals surface area contributed by atoms with Gasteiger partial charge < -0.3 is 5.32 Å². The van der Waals surface area contributed by atoms with Crippen molar-refractivity contribution in [3.8, 4) is 0 Å². The summed E-state index contributed by atoms with van der Waals surface area (Å²) in [4.78, 5) is 14.4. The number of anilines is 1. The number of rotatable bonds is 4. The molecule has 1 heterocycles. The van der Waals surface area contributed by atoms with E-state index in [0.717, 1.165) is 0 Å². The van der Waals surface area contributed by atoms with Gasteiger partial charge in [0.05, 0.1) is 11.0 Å². The Hall–Kier alpha value is -1.65. The highest BCUT2D eigenvalue weighted by Gasteiger charge is 2.21. The van der Waals surface area contributed by atoms with Crippen LogP contribution >= 0.6 is 0 Å². The standard InChI is InChI=1S/C12H17N3O2/c1-9(10-4-2-3-5-10)14-12-8-11(15(16)17)6-7-13-12/h6-10H,2-5H2,1H3,(H,13,14). The first-order valence-electron chi connectivity index (χ1n) is 6.04. The van der Waals surface area contributed by atoms with E-state index in [4.69, 9.17) is 0 Å². The summed E-state index contributed by atoms with van der Waals surface area (Å²) in [6, 6.07) is 3.23. The summed E-state index contributed by atoms with van der Waals surface area (Å²) in [5.41, 5.74) is 0.0844. The van der Waals surface area contributed by atoms with Crippen LogP contribution in [0.1, 0.15) is 32.6 Å². The second kappa shape index (κ2) is 5.12. The summed E-state index contributed by atoms with van der Waals surface area (Å²) in [5.74, 6) is 1.26. The minimum Gasteiger partial charge on any atom is -0.367 e. The number of hydrogen-bond donors (Lipinski definition) is 1. The van der Waals surface area contributed by atoms with Gasteiger partial charge in [0, 0.05) is 18.3 Å². The van der Waals surface area contributed by atoms with Gasteiger partial charge >= 0.3 is 0 Å². The maximum Gasteiger partial charge on any atom is 0.274 e. The highest BCUT2D eigenvalue weighted by atomic mass is 16.6. The summed E-state index contributed by atoms with van der Waals surface area (Å²) in [6.07, 6.45) is 6.53. The number of nitro groups is 1. The van der Waals surface area contributed by atoms with E-state index in [1.165, 1.54) is 44.0 Å². The van der Waals surface area contributed by atoms with E-state index in [1.54, 1.807) is 0 Å². The molecule has 0 aliphatic heterocycles. The summed E-state index contributed by atoms with van der Waals surface area (Å²) in [7, 11) is 0. The molecule has 0 spiro atoms. The van der Waals surface area contributed by atoms with Crippen LogP contribution in [0.5, 0.6) is 0 Å². The van der Waals surface area contributed by atoms with Gasteiger partial charge in [0.2, 0.25) is 0 Å². The summed E-state index contributed by atoms with van der Waals surface area (Å²) in [5, 5.41) is 13.9. The Balaban J connectivity index is 2.02. The average molecular weight is 235 g/mol. The maximum atomic E-state index is 10.6. The smallest absolute Gasteiger partial charge is 0.274 e. The molecule has 5 nitrogen and oxygen atoms in total. The lowest BCUT2D eigenvalue weighted by molar-refractivity contribution is -0.384. The first-order chi connectivity index (χ1) is 8.16. The zero-order valence-corrected chi connectivity index (χ0v) is 9.93. The van der Waals surface area contributed by atoms with E-state index in [2.05, 4.69) is 17.2 Å². The molecule has 0 aromatic carbocycles. The molecular formula is C12H17N3O2. The molecule has 2 rings (SSSR count). The van der Waals surface area contributed by atoms with Gasteiger partial charge in [0.1, 0.15) is 5.82 Å². The van der Waals surface area contributed by atoms with Crippen molar-refractivity contribution in [3.63, 3.8) is 0 Å². The largest absolute Gasteiger partial charge is 0.367 e. The van der Waals surface area contributed by atoms with Crippen LogP contribution in [0.4, 0.5) is 11.5 Å². The SMILES string of the molecule is CC(Nc1cc([N+](=O)[O-])ccn1)C1CCCC1. The van der Waals surface area contributed by atoms with Gasteiger partial charge in [0.25, 0.3) is 5.69 Å². The number of aromatic nitrogens is 1. The monoisotopic (exact) mass is 235 g/mol. The van der Waals surface area contributed by atoms with Crippen LogP contribution in [0.2, 0.25) is 0 Å². The van der Waals surface area contributed by atoms with Crippen molar-refractivity contribution in [2.24, 2.45) is 5.92 Å². The Morgan fingerprint density at radius 3 is 2.88 bits per heavy atom. The third-order valence-electron chi connectivity index (χ3n) is 3.44. The van der Waals surface area contributed by atoms with E-state index in [0.29, 0.717) is 17.8 Å². The van der Waals surface area contributed by atoms with Crippen LogP contribution in [-0.2, 0) is 0 Å². The highest BCUT2D eigenvalue weighted by Crippen LogP contribution is 2.29. The molecule has 0 bridgehead atoms. The number of hydrogen-bond acceptors (Lipinski definition) is 4. The second-order valence-corrected chi connectivity index (χ2v) is 4.63. The highest BCUT2D eigenvalue weighted by molar-refractivity contribution is 5.44. The molecule has 92 valence electrons. The molecule has 0 radical (unpaired) electrons. The number of nitrogens with zero attached hydrogens (tertiary/aromatic N) is 2. The van der Waals surface area contributed by atoms with E-state index >= 15 is 0 Å². The molecule has 1 atom stereocenters. The van der Waals surface area contributed by atoms with E-state index < -0.39 is 4.92 Å². The quantitative estimate of drug-likeness (QED) is 0.643. The van der Waals surface area contributed by atoms with Crippen molar-refractivity contribution >= 4 is 11.5 Å². The molecule has 1 aliphatic rings. The Morgan fingerprint density at radius 2 is 2.24 bits per heavy atom. The topological polar surface area (TPSA) is 68.1 Å². The first kappa shape index (κ1) is 11.8. The second-order valence-electron chi connectivity index (χ2n) is 4.63. The van der Waals surface area contributed by atoms with Gasteiger partial charge in [-0.25, -0.2) is 4.98 Å². The maximum absolute atomic E-state index is 10.6. The van der Waals surface area contributed by atoms with Gasteiger partial charge in [-0.15, -0.1) is 0 Å². The van der Waals surface area contributed by atoms with Gasteiger partial charge in [-0.1, -0.05) is 12.8 Å². The van der Waals surface area contributed by atoms with Crippen LogP contribution in [0.3, 0.4) is 0 Å². The lowest BCUT2D eigenvalue weighted by atomic mass is 10.00. The van der Waals surface area contributed by atoms with Crippen LogP contribution in [0.25, 0.3) is 0 Å². The fourth-order valence-electron chi connectivity index (χ4n) is 2.42. The Morgan fingerprint density at radius 1 is 1.53 bits per heavy atom. The van der Waals surface area contributed by atoms with E-state index in [-0.39, 0.29) is 5.69 Å². The minimum absolute atomic E-state index is 0.0844. The van der Waals surface area contributed by atoms with Gasteiger partial charge in [-0.05, 0) is 25.7 Å². The predicted molar refractivity (Wildman–Crippen MR) is 65.9 cm³/mol. The zero-order valence-electron chi connectivity index (χ0n) is 9.93. The van der Waals surface area contributed by atoms with Gasteiger partial charge in [0.15, 0.2) is 0 Å². The van der Waals surface area contributed by atoms with Crippen molar-refractivity contribution in [1.29, 1.82) is 0 Å². The van der Waals surface area contributed by atoms with Crippen molar-refractivity contribution in [2.75, 3.05) is 5.32 Å². The molecule has 1 aliphatic carbocycles. The number of nitrogens with one attached hydrogen (secondary N) is 1. The predicted octanol–water partition coefficient (Wildman–Crippen LogP) is 2.98. The third kappa shape index (κ3) is 2.93. The fraction of sp³-hybridized carbons (Fsp3) is 0.583. The van der Waals surface area contributed by atoms with Crippen molar-refractivity contribution < 1.29 is 4.92 Å². The Bertz CT molecular complexity index is 402. The molecule has 1 aromatic rings. The molecular weight excluding hydrogens is 218 g/mol. The molecule has 1 unspecified atom stereocenters. The van der Waals surface area contributed by atoms with E-state index in [1.807, 2.05) is 0 Å². The molecule has 0 saturated heterocycles. The Kier molecular flexibility index (Phi) is 3.56. The summed E-state index contributed by atoms with van der Waals surface area (Å²) in [6.45, 7) is 2.12. The zero-order chi connectivity index (χ0) is 12.3. The van der Waals surface area contributed by atoms with Crippen LogP contribution in [-0.4, -0.2) is 15.9 Å². The van der Waals surface area contributed by atoms with Gasteiger partial charge in [-0.3, -0.25) is 10.1 Å². The molecule has 1 aromatic heterocycles. The molecule has 0 amide bonds. The third-order valence-corrected chi connectivity index (χ3v) is 3.44. The van der Waals surface area contributed by atoms with Gasteiger partial charge in [-0.2, -0.15) is 0 Å².